The lowest BCUT2D eigenvalue weighted by Crippen LogP contribution is -2.12. The van der Waals surface area contributed by atoms with Gasteiger partial charge in [-0.1, -0.05) is 12.1 Å². The van der Waals surface area contributed by atoms with Crippen LogP contribution in [0, 0.1) is 0 Å². The second-order valence-corrected chi connectivity index (χ2v) is 3.58. The third kappa shape index (κ3) is 1.74. The first-order chi connectivity index (χ1) is 6.79. The third-order valence-corrected chi connectivity index (χ3v) is 2.65. The van der Waals surface area contributed by atoms with Crippen molar-refractivity contribution >= 4 is 5.57 Å². The van der Waals surface area contributed by atoms with Crippen LogP contribution >= 0.6 is 0 Å². The van der Waals surface area contributed by atoms with Gasteiger partial charge in [-0.05, 0) is 36.6 Å². The lowest BCUT2D eigenvalue weighted by molar-refractivity contribution is 0.430. The summed E-state index contributed by atoms with van der Waals surface area (Å²) in [6.45, 7) is 4.35. The van der Waals surface area contributed by atoms with E-state index in [1.165, 1.54) is 11.1 Å². The Hall–Kier alpha value is -1.44. The van der Waals surface area contributed by atoms with Gasteiger partial charge in [-0.3, -0.25) is 0 Å². The van der Waals surface area contributed by atoms with Gasteiger partial charge in [0.15, 0.2) is 0 Å². The first-order valence-electron chi connectivity index (χ1n) is 5.03. The summed E-state index contributed by atoms with van der Waals surface area (Å²) in [5.41, 5.74) is 2.59. The Balaban J connectivity index is 2.20. The van der Waals surface area contributed by atoms with Gasteiger partial charge >= 0.3 is 0 Å². The number of phenols is 1. The predicted octanol–water partition coefficient (Wildman–Crippen LogP) is 2.46. The van der Waals surface area contributed by atoms with Crippen molar-refractivity contribution in [3.8, 4) is 5.75 Å². The molecule has 1 aromatic rings. The van der Waals surface area contributed by atoms with Crippen molar-refractivity contribution in [3.05, 3.63) is 36.0 Å². The highest BCUT2D eigenvalue weighted by molar-refractivity contribution is 5.67. The standard InChI is InChI=1S/C12H15NO/c1-2-13-8-7-11(9-13)10-3-5-12(14)6-4-10/h3-6,9,14H,2,7-8H2,1H3. The van der Waals surface area contributed by atoms with Crippen LogP contribution in [-0.4, -0.2) is 23.1 Å². The van der Waals surface area contributed by atoms with Crippen molar-refractivity contribution in [1.82, 2.24) is 4.90 Å². The zero-order valence-electron chi connectivity index (χ0n) is 8.40. The van der Waals surface area contributed by atoms with Crippen molar-refractivity contribution in [1.29, 1.82) is 0 Å². The molecule has 1 aromatic carbocycles. The molecule has 0 unspecified atom stereocenters. The van der Waals surface area contributed by atoms with Crippen molar-refractivity contribution in [2.24, 2.45) is 0 Å². The molecule has 0 fully saturated rings. The predicted molar refractivity (Wildman–Crippen MR) is 57.9 cm³/mol. The zero-order chi connectivity index (χ0) is 9.97. The molecule has 0 saturated heterocycles. The summed E-state index contributed by atoms with van der Waals surface area (Å²) in [7, 11) is 0. The summed E-state index contributed by atoms with van der Waals surface area (Å²) in [6.07, 6.45) is 3.32. The summed E-state index contributed by atoms with van der Waals surface area (Å²) in [4.78, 5) is 2.31. The monoisotopic (exact) mass is 189 g/mol. The second-order valence-electron chi connectivity index (χ2n) is 3.58. The van der Waals surface area contributed by atoms with E-state index in [0.29, 0.717) is 5.75 Å². The van der Waals surface area contributed by atoms with Crippen LogP contribution in [0.5, 0.6) is 5.75 Å². The number of benzene rings is 1. The fourth-order valence-corrected chi connectivity index (χ4v) is 1.76. The van der Waals surface area contributed by atoms with E-state index < -0.39 is 0 Å². The molecule has 0 radical (unpaired) electrons. The SMILES string of the molecule is CCN1C=C(c2ccc(O)cc2)CC1. The minimum absolute atomic E-state index is 0.333. The Morgan fingerprint density at radius 3 is 2.57 bits per heavy atom. The van der Waals surface area contributed by atoms with Gasteiger partial charge in [0.1, 0.15) is 5.75 Å². The first-order valence-corrected chi connectivity index (χ1v) is 5.03. The van der Waals surface area contributed by atoms with Crippen molar-refractivity contribution in [3.63, 3.8) is 0 Å². The average Bonchev–Trinajstić information content (AvgIpc) is 2.67. The molecule has 0 saturated carbocycles. The van der Waals surface area contributed by atoms with E-state index in [2.05, 4.69) is 18.0 Å². The summed E-state index contributed by atoms with van der Waals surface area (Å²) in [5, 5.41) is 9.17. The molecular weight excluding hydrogens is 174 g/mol. The topological polar surface area (TPSA) is 23.5 Å². The number of nitrogens with zero attached hydrogens (tertiary/aromatic N) is 1. The smallest absolute Gasteiger partial charge is 0.115 e. The minimum Gasteiger partial charge on any atom is -0.508 e. The molecule has 1 aliphatic heterocycles. The van der Waals surface area contributed by atoms with Crippen LogP contribution in [0.4, 0.5) is 0 Å². The van der Waals surface area contributed by atoms with E-state index in [0.717, 1.165) is 19.5 Å². The third-order valence-electron chi connectivity index (χ3n) is 2.65. The molecule has 14 heavy (non-hydrogen) atoms. The van der Waals surface area contributed by atoms with Gasteiger partial charge in [0, 0.05) is 19.3 Å². The van der Waals surface area contributed by atoms with E-state index >= 15 is 0 Å². The van der Waals surface area contributed by atoms with Crippen LogP contribution in [0.2, 0.25) is 0 Å². The maximum atomic E-state index is 9.17. The van der Waals surface area contributed by atoms with Crippen LogP contribution in [0.1, 0.15) is 18.9 Å². The highest BCUT2D eigenvalue weighted by Gasteiger charge is 2.11. The molecule has 0 aliphatic carbocycles. The van der Waals surface area contributed by atoms with Crippen molar-refractivity contribution < 1.29 is 5.11 Å². The summed E-state index contributed by atoms with van der Waals surface area (Å²) in [5.74, 6) is 0.333. The lowest BCUT2D eigenvalue weighted by atomic mass is 10.1. The Kier molecular flexibility index (Phi) is 2.44. The highest BCUT2D eigenvalue weighted by Crippen LogP contribution is 2.25. The van der Waals surface area contributed by atoms with Gasteiger partial charge < -0.3 is 10.0 Å². The van der Waals surface area contributed by atoms with Gasteiger partial charge in [-0.25, -0.2) is 0 Å². The molecule has 2 heteroatoms. The Morgan fingerprint density at radius 2 is 2.00 bits per heavy atom. The van der Waals surface area contributed by atoms with Gasteiger partial charge in [0.2, 0.25) is 0 Å². The largest absolute Gasteiger partial charge is 0.508 e. The van der Waals surface area contributed by atoms with E-state index in [-0.39, 0.29) is 0 Å². The molecule has 0 aromatic heterocycles. The molecule has 0 amide bonds. The highest BCUT2D eigenvalue weighted by atomic mass is 16.3. The van der Waals surface area contributed by atoms with Crippen LogP contribution in [0.3, 0.4) is 0 Å². The summed E-state index contributed by atoms with van der Waals surface area (Å²) < 4.78 is 0. The maximum Gasteiger partial charge on any atom is 0.115 e. The summed E-state index contributed by atoms with van der Waals surface area (Å²) >= 11 is 0. The molecule has 0 bridgehead atoms. The zero-order valence-corrected chi connectivity index (χ0v) is 8.40. The Bertz CT molecular complexity index is 340. The van der Waals surface area contributed by atoms with Crippen LogP contribution in [-0.2, 0) is 0 Å². The van der Waals surface area contributed by atoms with Crippen molar-refractivity contribution in [2.45, 2.75) is 13.3 Å². The Morgan fingerprint density at radius 1 is 1.29 bits per heavy atom. The van der Waals surface area contributed by atoms with Gasteiger partial charge in [0.25, 0.3) is 0 Å². The van der Waals surface area contributed by atoms with Gasteiger partial charge in [0.05, 0.1) is 0 Å². The Labute approximate surface area is 84.5 Å². The minimum atomic E-state index is 0.333. The first kappa shape index (κ1) is 9.13. The van der Waals surface area contributed by atoms with Crippen LogP contribution in [0.25, 0.3) is 5.57 Å². The van der Waals surface area contributed by atoms with E-state index in [1.54, 1.807) is 12.1 Å². The normalized spacial score (nSPS) is 15.8. The van der Waals surface area contributed by atoms with Gasteiger partial charge in [-0.2, -0.15) is 0 Å². The van der Waals surface area contributed by atoms with Gasteiger partial charge in [-0.15, -0.1) is 0 Å². The van der Waals surface area contributed by atoms with E-state index in [9.17, 15) is 0 Å². The molecule has 74 valence electrons. The maximum absolute atomic E-state index is 9.17. The van der Waals surface area contributed by atoms with E-state index in [1.807, 2.05) is 12.1 Å². The number of hydrogen-bond donors (Lipinski definition) is 1. The van der Waals surface area contributed by atoms with E-state index in [4.69, 9.17) is 5.11 Å². The molecule has 2 rings (SSSR count). The summed E-state index contributed by atoms with van der Waals surface area (Å²) in [6, 6.07) is 7.43. The number of phenolic OH excluding ortho intramolecular Hbond substituents is 1. The fraction of sp³-hybridized carbons (Fsp3) is 0.333. The number of aromatic hydroxyl groups is 1. The molecule has 1 aliphatic rings. The molecule has 2 nitrogen and oxygen atoms in total. The van der Waals surface area contributed by atoms with Crippen LogP contribution < -0.4 is 0 Å². The number of rotatable bonds is 2. The average molecular weight is 189 g/mol. The lowest BCUT2D eigenvalue weighted by Gasteiger charge is -2.09. The number of hydrogen-bond acceptors (Lipinski definition) is 2. The molecule has 1 N–H and O–H groups in total. The van der Waals surface area contributed by atoms with Crippen molar-refractivity contribution in [2.75, 3.05) is 13.1 Å². The molecule has 0 atom stereocenters. The second kappa shape index (κ2) is 3.74. The molecule has 0 spiro atoms. The van der Waals surface area contributed by atoms with Crippen LogP contribution in [0.15, 0.2) is 30.5 Å². The molecule has 1 heterocycles. The molecular formula is C12H15NO. The fourth-order valence-electron chi connectivity index (χ4n) is 1.76. The quantitative estimate of drug-likeness (QED) is 0.772.